The van der Waals surface area contributed by atoms with Crippen molar-refractivity contribution in [3.8, 4) is 0 Å². The lowest BCUT2D eigenvalue weighted by Crippen LogP contribution is -2.59. The van der Waals surface area contributed by atoms with Gasteiger partial charge in [-0.3, -0.25) is 9.69 Å². The Morgan fingerprint density at radius 1 is 1.47 bits per heavy atom. The van der Waals surface area contributed by atoms with Crippen LogP contribution in [0.5, 0.6) is 0 Å². The van der Waals surface area contributed by atoms with Crippen molar-refractivity contribution in [2.45, 2.75) is 26.1 Å². The first kappa shape index (κ1) is 14.0. The molecule has 0 aliphatic carbocycles. The van der Waals surface area contributed by atoms with E-state index >= 15 is 0 Å². The third-order valence-electron chi connectivity index (χ3n) is 3.11. The van der Waals surface area contributed by atoms with E-state index in [1.807, 2.05) is 6.92 Å². The summed E-state index contributed by atoms with van der Waals surface area (Å²) < 4.78 is 18.5. The van der Waals surface area contributed by atoms with Crippen molar-refractivity contribution < 1.29 is 13.9 Å². The second kappa shape index (κ2) is 5.67. The van der Waals surface area contributed by atoms with Gasteiger partial charge >= 0.3 is 0 Å². The quantitative estimate of drug-likeness (QED) is 0.901. The fourth-order valence-corrected chi connectivity index (χ4v) is 2.38. The molecule has 1 aromatic rings. The van der Waals surface area contributed by atoms with Crippen molar-refractivity contribution in [2.75, 3.05) is 19.7 Å². The minimum Gasteiger partial charge on any atom is -0.353 e. The smallest absolute Gasteiger partial charge is 0.219 e. The van der Waals surface area contributed by atoms with E-state index in [1.165, 1.54) is 19.1 Å². The summed E-state index contributed by atoms with van der Waals surface area (Å²) in [6.45, 7) is 6.05. The molecule has 19 heavy (non-hydrogen) atoms. The second-order valence-corrected chi connectivity index (χ2v) is 5.10. The Bertz CT molecular complexity index is 449. The summed E-state index contributed by atoms with van der Waals surface area (Å²) in [5.41, 5.74) is 0.401. The molecule has 1 unspecified atom stereocenters. The summed E-state index contributed by atoms with van der Waals surface area (Å²) in [7, 11) is 0. The Morgan fingerprint density at radius 2 is 2.16 bits per heavy atom. The van der Waals surface area contributed by atoms with Crippen LogP contribution in [-0.2, 0) is 16.1 Å². The molecule has 5 heteroatoms. The van der Waals surface area contributed by atoms with Gasteiger partial charge in [0.2, 0.25) is 5.91 Å². The number of ether oxygens (including phenoxy) is 1. The van der Waals surface area contributed by atoms with Crippen molar-refractivity contribution in [3.63, 3.8) is 0 Å². The first-order chi connectivity index (χ1) is 8.97. The van der Waals surface area contributed by atoms with E-state index in [4.69, 9.17) is 4.74 Å². The van der Waals surface area contributed by atoms with Crippen molar-refractivity contribution in [2.24, 2.45) is 0 Å². The van der Waals surface area contributed by atoms with E-state index in [9.17, 15) is 9.18 Å². The highest BCUT2D eigenvalue weighted by molar-refractivity contribution is 5.73. The van der Waals surface area contributed by atoms with E-state index in [1.54, 1.807) is 12.1 Å². The molecule has 1 N–H and O–H groups in total. The molecular weight excluding hydrogens is 247 g/mol. The minimum absolute atomic E-state index is 0.105. The number of hydrogen-bond donors (Lipinski definition) is 1. The Hall–Kier alpha value is -1.46. The molecule has 104 valence electrons. The number of rotatable bonds is 3. The molecule has 0 aromatic heterocycles. The van der Waals surface area contributed by atoms with Crippen LogP contribution < -0.4 is 5.32 Å². The molecule has 0 spiro atoms. The van der Waals surface area contributed by atoms with Gasteiger partial charge in [-0.25, -0.2) is 4.39 Å². The Labute approximate surface area is 112 Å². The van der Waals surface area contributed by atoms with Crippen LogP contribution in [0.15, 0.2) is 24.3 Å². The number of amides is 1. The number of carbonyl (C=O) groups excluding carboxylic acids is 1. The minimum atomic E-state index is -0.649. The summed E-state index contributed by atoms with van der Waals surface area (Å²) in [6.07, 6.45) is 0. The van der Waals surface area contributed by atoms with E-state index in [-0.39, 0.29) is 11.7 Å². The summed E-state index contributed by atoms with van der Waals surface area (Å²) in [5.74, 6) is -0.333. The fraction of sp³-hybridized carbons (Fsp3) is 0.500. The van der Waals surface area contributed by atoms with Gasteiger partial charge in [-0.05, 0) is 24.6 Å². The molecule has 1 heterocycles. The highest BCUT2D eigenvalue weighted by Gasteiger charge is 2.32. The lowest BCUT2D eigenvalue weighted by Gasteiger charge is -2.40. The number of benzene rings is 1. The predicted molar refractivity (Wildman–Crippen MR) is 69.9 cm³/mol. The van der Waals surface area contributed by atoms with Gasteiger partial charge in [0, 0.05) is 26.6 Å². The van der Waals surface area contributed by atoms with E-state index in [2.05, 4.69) is 10.2 Å². The second-order valence-electron chi connectivity index (χ2n) is 5.10. The van der Waals surface area contributed by atoms with Crippen LogP contribution in [0.1, 0.15) is 19.4 Å². The molecule has 1 atom stereocenters. The highest BCUT2D eigenvalue weighted by atomic mass is 19.1. The molecule has 0 saturated carbocycles. The third kappa shape index (κ3) is 4.01. The molecule has 4 nitrogen and oxygen atoms in total. The molecule has 0 radical (unpaired) electrons. The summed E-state index contributed by atoms with van der Waals surface area (Å²) in [4.78, 5) is 13.4. The van der Waals surface area contributed by atoms with Gasteiger partial charge in [-0.15, -0.1) is 0 Å². The van der Waals surface area contributed by atoms with Crippen LogP contribution in [0.2, 0.25) is 0 Å². The van der Waals surface area contributed by atoms with Crippen LogP contribution in [0.25, 0.3) is 0 Å². The molecule has 1 aliphatic rings. The van der Waals surface area contributed by atoms with E-state index in [0.29, 0.717) is 13.2 Å². The molecular formula is C14H19FN2O2. The molecule has 0 bridgehead atoms. The number of nitrogens with one attached hydrogen (secondary N) is 1. The van der Waals surface area contributed by atoms with Crippen molar-refractivity contribution in [3.05, 3.63) is 35.6 Å². The van der Waals surface area contributed by atoms with E-state index < -0.39 is 5.72 Å². The maximum absolute atomic E-state index is 12.9. The normalized spacial score (nSPS) is 24.2. The molecule has 1 amide bonds. The molecule has 1 saturated heterocycles. The first-order valence-corrected chi connectivity index (χ1v) is 6.36. The monoisotopic (exact) mass is 266 g/mol. The number of carbonyl (C=O) groups is 1. The summed E-state index contributed by atoms with van der Waals surface area (Å²) in [5, 5.41) is 2.82. The Balaban J connectivity index is 1.97. The van der Waals surface area contributed by atoms with Gasteiger partial charge in [-0.2, -0.15) is 0 Å². The van der Waals surface area contributed by atoms with Crippen LogP contribution in [0.3, 0.4) is 0 Å². The summed E-state index contributed by atoms with van der Waals surface area (Å²) >= 11 is 0. The van der Waals surface area contributed by atoms with Crippen LogP contribution in [0.4, 0.5) is 4.39 Å². The summed E-state index contributed by atoms with van der Waals surface area (Å²) in [6, 6.07) is 6.48. The zero-order valence-electron chi connectivity index (χ0n) is 11.3. The highest BCUT2D eigenvalue weighted by Crippen LogP contribution is 2.17. The van der Waals surface area contributed by atoms with Gasteiger partial charge in [0.25, 0.3) is 0 Å². The standard InChI is InChI=1S/C14H19FN2O2/c1-11(18)16-14(2)10-17(7-8-19-14)9-12-3-5-13(15)6-4-12/h3-6H,7-10H2,1-2H3,(H,16,18). The maximum atomic E-state index is 12.9. The molecule has 1 aliphatic heterocycles. The number of halogens is 1. The Morgan fingerprint density at radius 3 is 2.79 bits per heavy atom. The lowest BCUT2D eigenvalue weighted by molar-refractivity contribution is -0.144. The number of morpholine rings is 1. The van der Waals surface area contributed by atoms with Gasteiger partial charge in [0.15, 0.2) is 5.72 Å². The average Bonchev–Trinajstić information content (AvgIpc) is 2.30. The van der Waals surface area contributed by atoms with Crippen molar-refractivity contribution in [1.82, 2.24) is 10.2 Å². The fourth-order valence-electron chi connectivity index (χ4n) is 2.38. The van der Waals surface area contributed by atoms with Crippen molar-refractivity contribution in [1.29, 1.82) is 0 Å². The van der Waals surface area contributed by atoms with E-state index in [0.717, 1.165) is 18.7 Å². The van der Waals surface area contributed by atoms with Crippen LogP contribution >= 0.6 is 0 Å². The van der Waals surface area contributed by atoms with Crippen LogP contribution in [-0.4, -0.2) is 36.2 Å². The maximum Gasteiger partial charge on any atom is 0.219 e. The first-order valence-electron chi connectivity index (χ1n) is 6.36. The zero-order valence-corrected chi connectivity index (χ0v) is 11.3. The number of hydrogen-bond acceptors (Lipinski definition) is 3. The predicted octanol–water partition coefficient (Wildman–Crippen LogP) is 1.51. The average molecular weight is 266 g/mol. The molecule has 2 rings (SSSR count). The van der Waals surface area contributed by atoms with Crippen LogP contribution in [0, 0.1) is 5.82 Å². The largest absolute Gasteiger partial charge is 0.353 e. The Kier molecular flexibility index (Phi) is 4.17. The van der Waals surface area contributed by atoms with Gasteiger partial charge in [-0.1, -0.05) is 12.1 Å². The van der Waals surface area contributed by atoms with Gasteiger partial charge in [0.1, 0.15) is 5.82 Å². The topological polar surface area (TPSA) is 41.6 Å². The van der Waals surface area contributed by atoms with Crippen molar-refractivity contribution >= 4 is 5.91 Å². The molecule has 1 fully saturated rings. The third-order valence-corrected chi connectivity index (χ3v) is 3.11. The molecule has 1 aromatic carbocycles. The van der Waals surface area contributed by atoms with Gasteiger partial charge < -0.3 is 10.1 Å². The zero-order chi connectivity index (χ0) is 13.9. The lowest BCUT2D eigenvalue weighted by atomic mass is 10.1. The van der Waals surface area contributed by atoms with Gasteiger partial charge in [0.05, 0.1) is 6.61 Å². The number of nitrogens with zero attached hydrogens (tertiary/aromatic N) is 1. The SMILES string of the molecule is CC(=O)NC1(C)CN(Cc2ccc(F)cc2)CCO1.